The topological polar surface area (TPSA) is 80.9 Å². The zero-order chi connectivity index (χ0) is 18.0. The highest BCUT2D eigenvalue weighted by Gasteiger charge is 2.31. The number of hydrogen-bond donors (Lipinski definition) is 1. The van der Waals surface area contributed by atoms with Crippen molar-refractivity contribution < 1.29 is 9.32 Å². The number of amides is 1. The first-order chi connectivity index (χ1) is 11.8. The Balaban J connectivity index is 1.62. The molecule has 0 saturated heterocycles. The van der Waals surface area contributed by atoms with Crippen LogP contribution in [0, 0.1) is 18.3 Å². The standard InChI is InChI=1S/C19H26N4O2/c1-12-11-15(7-10-20-12)16-22-18(25-23-16)13(2)21-17(24)14-5-8-19(3,4)9-6-14/h7,10-11,13-14H,5-6,8-9H2,1-4H3,(H,21,24)/t13-/m0/s1. The zero-order valence-electron chi connectivity index (χ0n) is 15.4. The van der Waals surface area contributed by atoms with E-state index in [1.807, 2.05) is 26.0 Å². The first kappa shape index (κ1) is 17.6. The molecule has 0 radical (unpaired) electrons. The molecular formula is C19H26N4O2. The number of nitrogens with zero attached hydrogens (tertiary/aromatic N) is 3. The fraction of sp³-hybridized carbons (Fsp3) is 0.579. The molecule has 0 spiro atoms. The maximum absolute atomic E-state index is 12.5. The second kappa shape index (κ2) is 6.94. The highest BCUT2D eigenvalue weighted by Crippen LogP contribution is 2.38. The van der Waals surface area contributed by atoms with Crippen molar-refractivity contribution in [3.05, 3.63) is 29.9 Å². The minimum absolute atomic E-state index is 0.0840. The zero-order valence-corrected chi connectivity index (χ0v) is 15.4. The van der Waals surface area contributed by atoms with E-state index < -0.39 is 0 Å². The smallest absolute Gasteiger partial charge is 0.249 e. The average molecular weight is 342 g/mol. The molecule has 1 atom stereocenters. The number of hydrogen-bond acceptors (Lipinski definition) is 5. The van der Waals surface area contributed by atoms with Crippen LogP contribution >= 0.6 is 0 Å². The summed E-state index contributed by atoms with van der Waals surface area (Å²) in [6.45, 7) is 8.33. The van der Waals surface area contributed by atoms with Gasteiger partial charge in [0.2, 0.25) is 17.6 Å². The molecule has 134 valence electrons. The number of rotatable bonds is 4. The number of pyridine rings is 1. The lowest BCUT2D eigenvalue weighted by Crippen LogP contribution is -2.36. The number of carbonyl (C=O) groups is 1. The van der Waals surface area contributed by atoms with Crippen molar-refractivity contribution in [1.82, 2.24) is 20.4 Å². The third kappa shape index (κ3) is 4.24. The van der Waals surface area contributed by atoms with Crippen molar-refractivity contribution in [3.8, 4) is 11.4 Å². The molecule has 1 N–H and O–H groups in total. The Bertz CT molecular complexity index is 743. The molecule has 0 unspecified atom stereocenters. The SMILES string of the molecule is Cc1cc(-c2noc([C@H](C)NC(=O)C3CCC(C)(C)CC3)n2)ccn1. The maximum Gasteiger partial charge on any atom is 0.249 e. The van der Waals surface area contributed by atoms with E-state index >= 15 is 0 Å². The molecule has 0 aromatic carbocycles. The van der Waals surface area contributed by atoms with Crippen LogP contribution < -0.4 is 5.32 Å². The van der Waals surface area contributed by atoms with Gasteiger partial charge in [0, 0.05) is 23.4 Å². The lowest BCUT2D eigenvalue weighted by atomic mass is 9.73. The van der Waals surface area contributed by atoms with Crippen LogP contribution in [0.3, 0.4) is 0 Å². The molecule has 3 rings (SSSR count). The maximum atomic E-state index is 12.5. The Morgan fingerprint density at radius 1 is 1.36 bits per heavy atom. The molecular weight excluding hydrogens is 316 g/mol. The van der Waals surface area contributed by atoms with Crippen LogP contribution in [0.2, 0.25) is 0 Å². The van der Waals surface area contributed by atoms with Gasteiger partial charge in [0.05, 0.1) is 0 Å². The fourth-order valence-corrected chi connectivity index (χ4v) is 3.27. The molecule has 0 bridgehead atoms. The summed E-state index contributed by atoms with van der Waals surface area (Å²) in [6, 6.07) is 3.45. The largest absolute Gasteiger partial charge is 0.344 e. The number of aryl methyl sites for hydroxylation is 1. The minimum atomic E-state index is -0.299. The van der Waals surface area contributed by atoms with E-state index in [-0.39, 0.29) is 17.9 Å². The second-order valence-corrected chi connectivity index (χ2v) is 7.81. The van der Waals surface area contributed by atoms with E-state index in [0.717, 1.165) is 36.9 Å². The first-order valence-electron chi connectivity index (χ1n) is 8.91. The van der Waals surface area contributed by atoms with E-state index in [2.05, 4.69) is 34.3 Å². The Hall–Kier alpha value is -2.24. The number of aromatic nitrogens is 3. The fourth-order valence-electron chi connectivity index (χ4n) is 3.27. The van der Waals surface area contributed by atoms with Gasteiger partial charge in [-0.25, -0.2) is 0 Å². The summed E-state index contributed by atoms with van der Waals surface area (Å²) < 4.78 is 5.35. The summed E-state index contributed by atoms with van der Waals surface area (Å²) in [5.41, 5.74) is 2.10. The summed E-state index contributed by atoms with van der Waals surface area (Å²) in [7, 11) is 0. The summed E-state index contributed by atoms with van der Waals surface area (Å²) in [6.07, 6.45) is 5.78. The quantitative estimate of drug-likeness (QED) is 0.913. The van der Waals surface area contributed by atoms with E-state index in [9.17, 15) is 4.79 Å². The average Bonchev–Trinajstić information content (AvgIpc) is 3.05. The Morgan fingerprint density at radius 2 is 2.08 bits per heavy atom. The number of nitrogens with one attached hydrogen (secondary N) is 1. The predicted molar refractivity (Wildman–Crippen MR) is 94.6 cm³/mol. The molecule has 1 saturated carbocycles. The van der Waals surface area contributed by atoms with Crippen molar-refractivity contribution in [2.75, 3.05) is 0 Å². The lowest BCUT2D eigenvalue weighted by Gasteiger charge is -2.33. The highest BCUT2D eigenvalue weighted by atomic mass is 16.5. The van der Waals surface area contributed by atoms with Gasteiger partial charge >= 0.3 is 0 Å². The van der Waals surface area contributed by atoms with Crippen molar-refractivity contribution in [1.29, 1.82) is 0 Å². The van der Waals surface area contributed by atoms with Crippen LogP contribution in [0.4, 0.5) is 0 Å². The van der Waals surface area contributed by atoms with Crippen molar-refractivity contribution in [2.45, 2.75) is 59.4 Å². The van der Waals surface area contributed by atoms with Gasteiger partial charge in [-0.1, -0.05) is 19.0 Å². The third-order valence-corrected chi connectivity index (χ3v) is 5.04. The monoisotopic (exact) mass is 342 g/mol. The van der Waals surface area contributed by atoms with Gasteiger partial charge in [-0.05, 0) is 57.1 Å². The van der Waals surface area contributed by atoms with Crippen LogP contribution in [0.1, 0.15) is 64.1 Å². The molecule has 2 aromatic heterocycles. The van der Waals surface area contributed by atoms with Crippen LogP contribution in [0.15, 0.2) is 22.9 Å². The lowest BCUT2D eigenvalue weighted by molar-refractivity contribution is -0.127. The van der Waals surface area contributed by atoms with Gasteiger partial charge in [-0.3, -0.25) is 9.78 Å². The summed E-state index contributed by atoms with van der Waals surface area (Å²) in [5.74, 6) is 1.11. The molecule has 6 nitrogen and oxygen atoms in total. The highest BCUT2D eigenvalue weighted by molar-refractivity contribution is 5.79. The van der Waals surface area contributed by atoms with Gasteiger partial charge in [0.25, 0.3) is 0 Å². The van der Waals surface area contributed by atoms with Crippen molar-refractivity contribution in [3.63, 3.8) is 0 Å². The van der Waals surface area contributed by atoms with E-state index in [0.29, 0.717) is 17.1 Å². The van der Waals surface area contributed by atoms with Crippen LogP contribution in [-0.2, 0) is 4.79 Å². The molecule has 6 heteroatoms. The van der Waals surface area contributed by atoms with Crippen LogP contribution in [-0.4, -0.2) is 21.0 Å². The Labute approximate surface area is 148 Å². The second-order valence-electron chi connectivity index (χ2n) is 7.81. The third-order valence-electron chi connectivity index (χ3n) is 5.04. The number of carbonyl (C=O) groups excluding carboxylic acids is 1. The molecule has 1 fully saturated rings. The molecule has 1 amide bonds. The Morgan fingerprint density at radius 3 is 2.76 bits per heavy atom. The summed E-state index contributed by atoms with van der Waals surface area (Å²) >= 11 is 0. The van der Waals surface area contributed by atoms with Crippen LogP contribution in [0.5, 0.6) is 0 Å². The van der Waals surface area contributed by atoms with Gasteiger partial charge in [0.15, 0.2) is 0 Å². The van der Waals surface area contributed by atoms with E-state index in [4.69, 9.17) is 4.52 Å². The molecule has 2 heterocycles. The normalized spacial score (nSPS) is 18.7. The molecule has 0 aliphatic heterocycles. The van der Waals surface area contributed by atoms with E-state index in [1.165, 1.54) is 0 Å². The minimum Gasteiger partial charge on any atom is -0.344 e. The predicted octanol–water partition coefficient (Wildman–Crippen LogP) is 3.83. The van der Waals surface area contributed by atoms with E-state index in [1.54, 1.807) is 6.20 Å². The molecule has 2 aromatic rings. The van der Waals surface area contributed by atoms with Gasteiger partial charge in [0.1, 0.15) is 6.04 Å². The summed E-state index contributed by atoms with van der Waals surface area (Å²) in [4.78, 5) is 21.1. The molecule has 1 aliphatic rings. The molecule has 25 heavy (non-hydrogen) atoms. The van der Waals surface area contributed by atoms with Crippen molar-refractivity contribution >= 4 is 5.91 Å². The van der Waals surface area contributed by atoms with Gasteiger partial charge in [-0.2, -0.15) is 4.98 Å². The first-order valence-corrected chi connectivity index (χ1v) is 8.91. The van der Waals surface area contributed by atoms with Crippen molar-refractivity contribution in [2.24, 2.45) is 11.3 Å². The summed E-state index contributed by atoms with van der Waals surface area (Å²) in [5, 5.41) is 7.04. The van der Waals surface area contributed by atoms with Crippen LogP contribution in [0.25, 0.3) is 11.4 Å². The van der Waals surface area contributed by atoms with Gasteiger partial charge in [-0.15, -0.1) is 0 Å². The molecule has 1 aliphatic carbocycles. The van der Waals surface area contributed by atoms with Gasteiger partial charge < -0.3 is 9.84 Å². The Kier molecular flexibility index (Phi) is 4.88.